The van der Waals surface area contributed by atoms with Crippen LogP contribution in [0.5, 0.6) is 0 Å². The van der Waals surface area contributed by atoms with E-state index >= 15 is 0 Å². The van der Waals surface area contributed by atoms with Gasteiger partial charge < -0.3 is 10.2 Å². The Morgan fingerprint density at radius 1 is 1.12 bits per heavy atom. The highest BCUT2D eigenvalue weighted by molar-refractivity contribution is 5.76. The molecular formula is C21H36N2O. The van der Waals surface area contributed by atoms with Crippen molar-refractivity contribution in [3.63, 3.8) is 0 Å². The highest BCUT2D eigenvalue weighted by Crippen LogP contribution is 2.25. The lowest BCUT2D eigenvalue weighted by atomic mass is 9.97. The van der Waals surface area contributed by atoms with E-state index in [2.05, 4.69) is 36.2 Å². The van der Waals surface area contributed by atoms with Gasteiger partial charge in [0.15, 0.2) is 0 Å². The maximum absolute atomic E-state index is 12.1. The first kappa shape index (κ1) is 19.1. The summed E-state index contributed by atoms with van der Waals surface area (Å²) in [6, 6.07) is 0.186. The Bertz CT molecular complexity index is 447. The van der Waals surface area contributed by atoms with Gasteiger partial charge in [0.25, 0.3) is 0 Å². The minimum atomic E-state index is 0.186. The van der Waals surface area contributed by atoms with E-state index in [0.29, 0.717) is 6.42 Å². The van der Waals surface area contributed by atoms with Gasteiger partial charge in [-0.25, -0.2) is 0 Å². The van der Waals surface area contributed by atoms with Gasteiger partial charge in [-0.15, -0.1) is 0 Å². The molecule has 1 atom stereocenters. The molecule has 0 aromatic rings. The third kappa shape index (κ3) is 6.33. The first-order valence-electron chi connectivity index (χ1n) is 10.1. The summed E-state index contributed by atoms with van der Waals surface area (Å²) in [5, 5.41) is 3.20. The molecule has 0 bridgehead atoms. The number of nitrogens with zero attached hydrogens (tertiary/aromatic N) is 1. The molecule has 0 spiro atoms. The van der Waals surface area contributed by atoms with Crippen molar-refractivity contribution < 1.29 is 4.79 Å². The van der Waals surface area contributed by atoms with Crippen LogP contribution in [0, 0.1) is 0 Å². The number of rotatable bonds is 9. The van der Waals surface area contributed by atoms with Crippen LogP contribution in [0.2, 0.25) is 0 Å². The van der Waals surface area contributed by atoms with Crippen LogP contribution < -0.4 is 5.32 Å². The highest BCUT2D eigenvalue weighted by Gasteiger charge is 2.20. The van der Waals surface area contributed by atoms with E-state index in [4.69, 9.17) is 0 Å². The Morgan fingerprint density at radius 2 is 1.83 bits per heavy atom. The first-order chi connectivity index (χ1) is 11.7. The normalized spacial score (nSPS) is 21.2. The lowest BCUT2D eigenvalue weighted by Crippen LogP contribution is -2.36. The molecule has 1 N–H and O–H groups in total. The summed E-state index contributed by atoms with van der Waals surface area (Å²) < 4.78 is 0. The molecular weight excluding hydrogens is 296 g/mol. The van der Waals surface area contributed by atoms with Gasteiger partial charge in [-0.3, -0.25) is 4.79 Å². The number of carbonyl (C=O) groups excluding carboxylic acids is 1. The number of amides is 1. The van der Waals surface area contributed by atoms with Gasteiger partial charge in [0.1, 0.15) is 0 Å². The van der Waals surface area contributed by atoms with Crippen molar-refractivity contribution in [2.24, 2.45) is 0 Å². The number of likely N-dealkylation sites (tertiary alicyclic amines) is 1. The molecule has 1 amide bonds. The molecule has 136 valence electrons. The van der Waals surface area contributed by atoms with Crippen molar-refractivity contribution in [3.05, 3.63) is 23.4 Å². The number of unbranched alkanes of at least 4 members (excludes halogenated alkanes) is 5. The molecule has 1 aliphatic heterocycles. The summed E-state index contributed by atoms with van der Waals surface area (Å²) in [6.07, 6.45) is 17.6. The van der Waals surface area contributed by atoms with Crippen molar-refractivity contribution in [1.29, 1.82) is 0 Å². The molecule has 0 saturated carbocycles. The van der Waals surface area contributed by atoms with E-state index in [-0.39, 0.29) is 11.9 Å². The van der Waals surface area contributed by atoms with Crippen LogP contribution in [-0.2, 0) is 4.79 Å². The number of carbonyl (C=O) groups is 1. The molecule has 1 unspecified atom stereocenters. The summed E-state index contributed by atoms with van der Waals surface area (Å²) in [6.45, 7) is 6.79. The van der Waals surface area contributed by atoms with Crippen molar-refractivity contribution in [2.75, 3.05) is 13.1 Å². The number of hydrogen-bond acceptors (Lipinski definition) is 2. The SMILES string of the molecule is CCCCCCCCC(=O)NC1C=C(C)C(N2CCCCC2)=CC1. The molecule has 0 aromatic carbocycles. The van der Waals surface area contributed by atoms with Gasteiger partial charge >= 0.3 is 0 Å². The molecule has 0 radical (unpaired) electrons. The molecule has 3 heteroatoms. The average Bonchev–Trinajstić information content (AvgIpc) is 2.59. The smallest absolute Gasteiger partial charge is 0.220 e. The molecule has 0 aromatic heterocycles. The molecule has 1 aliphatic carbocycles. The number of nitrogens with one attached hydrogen (secondary N) is 1. The third-order valence-electron chi connectivity index (χ3n) is 5.22. The Hall–Kier alpha value is -1.25. The zero-order chi connectivity index (χ0) is 17.2. The predicted molar refractivity (Wildman–Crippen MR) is 102 cm³/mol. The van der Waals surface area contributed by atoms with Crippen molar-refractivity contribution in [3.8, 4) is 0 Å². The predicted octanol–water partition coefficient (Wildman–Crippen LogP) is 4.94. The minimum Gasteiger partial charge on any atom is -0.372 e. The van der Waals surface area contributed by atoms with E-state index in [9.17, 15) is 4.79 Å². The van der Waals surface area contributed by atoms with Crippen molar-refractivity contribution >= 4 is 5.91 Å². The zero-order valence-corrected chi connectivity index (χ0v) is 15.8. The van der Waals surface area contributed by atoms with Gasteiger partial charge in [0.05, 0.1) is 6.04 Å². The topological polar surface area (TPSA) is 32.3 Å². The van der Waals surface area contributed by atoms with Crippen LogP contribution in [0.25, 0.3) is 0 Å². The molecule has 1 saturated heterocycles. The Kier molecular flexibility index (Phi) is 8.41. The fourth-order valence-corrected chi connectivity index (χ4v) is 3.81. The van der Waals surface area contributed by atoms with E-state index in [0.717, 1.165) is 12.8 Å². The third-order valence-corrected chi connectivity index (χ3v) is 5.22. The summed E-state index contributed by atoms with van der Waals surface area (Å²) in [5.74, 6) is 0.217. The van der Waals surface area contributed by atoms with Gasteiger partial charge in [-0.1, -0.05) is 51.2 Å². The van der Waals surface area contributed by atoms with Crippen LogP contribution in [-0.4, -0.2) is 29.9 Å². The zero-order valence-electron chi connectivity index (χ0n) is 15.8. The quantitative estimate of drug-likeness (QED) is 0.606. The number of hydrogen-bond donors (Lipinski definition) is 1. The average molecular weight is 333 g/mol. The maximum Gasteiger partial charge on any atom is 0.220 e. The second-order valence-corrected chi connectivity index (χ2v) is 7.41. The van der Waals surface area contributed by atoms with Crippen LogP contribution in [0.4, 0.5) is 0 Å². The van der Waals surface area contributed by atoms with Crippen LogP contribution in [0.1, 0.15) is 84.5 Å². The van der Waals surface area contributed by atoms with Crippen LogP contribution in [0.15, 0.2) is 23.4 Å². The second kappa shape index (κ2) is 10.6. The highest BCUT2D eigenvalue weighted by atomic mass is 16.1. The fourth-order valence-electron chi connectivity index (χ4n) is 3.81. The van der Waals surface area contributed by atoms with Crippen LogP contribution in [0.3, 0.4) is 0 Å². The summed E-state index contributed by atoms with van der Waals surface area (Å²) in [5.41, 5.74) is 2.73. The number of piperidine rings is 1. The summed E-state index contributed by atoms with van der Waals surface area (Å²) in [7, 11) is 0. The van der Waals surface area contributed by atoms with E-state index in [1.807, 2.05) is 0 Å². The first-order valence-corrected chi connectivity index (χ1v) is 10.1. The summed E-state index contributed by atoms with van der Waals surface area (Å²) in [4.78, 5) is 14.6. The van der Waals surface area contributed by atoms with Gasteiger partial charge in [-0.2, -0.15) is 0 Å². The number of allylic oxidation sites excluding steroid dienone is 1. The monoisotopic (exact) mass is 332 g/mol. The largest absolute Gasteiger partial charge is 0.372 e. The minimum absolute atomic E-state index is 0.186. The van der Waals surface area contributed by atoms with E-state index in [1.54, 1.807) is 0 Å². The van der Waals surface area contributed by atoms with E-state index < -0.39 is 0 Å². The molecule has 2 aliphatic rings. The molecule has 2 rings (SSSR count). The Balaban J connectivity index is 1.67. The molecule has 24 heavy (non-hydrogen) atoms. The lowest BCUT2D eigenvalue weighted by Gasteiger charge is -2.34. The lowest BCUT2D eigenvalue weighted by molar-refractivity contribution is -0.121. The standard InChI is InChI=1S/C21H36N2O/c1-3-4-5-6-7-9-12-21(24)22-19-13-14-20(18(2)17-19)23-15-10-8-11-16-23/h14,17,19H,3-13,15-16H2,1-2H3,(H,22,24). The van der Waals surface area contributed by atoms with Gasteiger partial charge in [0, 0.05) is 25.2 Å². The molecule has 1 fully saturated rings. The van der Waals surface area contributed by atoms with E-state index in [1.165, 1.54) is 75.7 Å². The fraction of sp³-hybridized carbons (Fsp3) is 0.762. The second-order valence-electron chi connectivity index (χ2n) is 7.41. The Labute approximate surface area is 148 Å². The Morgan fingerprint density at radius 3 is 2.54 bits per heavy atom. The van der Waals surface area contributed by atoms with Gasteiger partial charge in [-0.05, 0) is 44.6 Å². The molecule has 3 nitrogen and oxygen atoms in total. The molecule has 1 heterocycles. The van der Waals surface area contributed by atoms with Crippen molar-refractivity contribution in [1.82, 2.24) is 10.2 Å². The maximum atomic E-state index is 12.1. The van der Waals surface area contributed by atoms with Crippen molar-refractivity contribution in [2.45, 2.75) is 90.5 Å². The van der Waals surface area contributed by atoms with Gasteiger partial charge in [0.2, 0.25) is 5.91 Å². The summed E-state index contributed by atoms with van der Waals surface area (Å²) >= 11 is 0. The van der Waals surface area contributed by atoms with Crippen LogP contribution >= 0.6 is 0 Å².